The number of carbonyl (C=O) groups excluding carboxylic acids is 1. The van der Waals surface area contributed by atoms with Gasteiger partial charge in [0.25, 0.3) is 5.91 Å². The Labute approximate surface area is 128 Å². The molecule has 116 valence electrons. The van der Waals surface area contributed by atoms with Crippen molar-refractivity contribution in [3.8, 4) is 0 Å². The maximum atomic E-state index is 12.3. The number of amides is 1. The van der Waals surface area contributed by atoms with Crippen LogP contribution in [0.15, 0.2) is 34.7 Å². The van der Waals surface area contributed by atoms with Gasteiger partial charge in [-0.25, -0.2) is 4.98 Å². The number of rotatable bonds is 6. The van der Waals surface area contributed by atoms with Gasteiger partial charge in [-0.3, -0.25) is 9.59 Å². The smallest absolute Gasteiger partial charge is 0.303 e. The molecule has 0 radical (unpaired) electrons. The van der Waals surface area contributed by atoms with Crippen LogP contribution in [0.4, 0.5) is 0 Å². The largest absolute Gasteiger partial charge is 0.481 e. The molecule has 1 unspecified atom stereocenters. The van der Waals surface area contributed by atoms with Crippen LogP contribution in [0.2, 0.25) is 0 Å². The first-order valence-corrected chi connectivity index (χ1v) is 6.99. The molecule has 2 rings (SSSR count). The number of benzene rings is 1. The van der Waals surface area contributed by atoms with E-state index in [1.165, 1.54) is 0 Å². The molecule has 1 aromatic heterocycles. The zero-order chi connectivity index (χ0) is 16.1. The van der Waals surface area contributed by atoms with E-state index in [0.29, 0.717) is 18.0 Å². The van der Waals surface area contributed by atoms with Crippen LogP contribution in [-0.2, 0) is 4.79 Å². The van der Waals surface area contributed by atoms with Crippen molar-refractivity contribution in [1.29, 1.82) is 0 Å². The summed E-state index contributed by atoms with van der Waals surface area (Å²) in [6, 6.07) is 8.87. The van der Waals surface area contributed by atoms with Crippen molar-refractivity contribution in [2.24, 2.45) is 0 Å². The zero-order valence-electron chi connectivity index (χ0n) is 12.5. The average Bonchev–Trinajstić information content (AvgIpc) is 2.83. The van der Waals surface area contributed by atoms with Gasteiger partial charge in [0.1, 0.15) is 0 Å². The van der Waals surface area contributed by atoms with Crippen LogP contribution in [0.25, 0.3) is 0 Å². The van der Waals surface area contributed by atoms with E-state index < -0.39 is 17.9 Å². The van der Waals surface area contributed by atoms with Crippen LogP contribution in [0.5, 0.6) is 0 Å². The van der Waals surface area contributed by atoms with Crippen molar-refractivity contribution in [2.45, 2.75) is 32.7 Å². The minimum absolute atomic E-state index is 0.0335. The Morgan fingerprint density at radius 2 is 1.95 bits per heavy atom. The topological polar surface area (TPSA) is 92.4 Å². The van der Waals surface area contributed by atoms with Crippen LogP contribution in [0, 0.1) is 13.8 Å². The van der Waals surface area contributed by atoms with Gasteiger partial charge in [0.05, 0.1) is 11.7 Å². The normalized spacial score (nSPS) is 11.9. The van der Waals surface area contributed by atoms with Gasteiger partial charge < -0.3 is 14.8 Å². The zero-order valence-corrected chi connectivity index (χ0v) is 12.5. The lowest BCUT2D eigenvalue weighted by Crippen LogP contribution is -2.29. The summed E-state index contributed by atoms with van der Waals surface area (Å²) in [4.78, 5) is 27.2. The van der Waals surface area contributed by atoms with E-state index >= 15 is 0 Å². The quantitative estimate of drug-likeness (QED) is 0.855. The first-order chi connectivity index (χ1) is 10.5. The predicted octanol–water partition coefficient (Wildman–Crippen LogP) is 2.63. The highest BCUT2D eigenvalue weighted by molar-refractivity contribution is 5.92. The van der Waals surface area contributed by atoms with Gasteiger partial charge in [-0.2, -0.15) is 0 Å². The summed E-state index contributed by atoms with van der Waals surface area (Å²) in [5, 5.41) is 11.7. The van der Waals surface area contributed by atoms with E-state index in [4.69, 9.17) is 9.52 Å². The molecular formula is C16H18N2O4. The molecule has 2 N–H and O–H groups in total. The van der Waals surface area contributed by atoms with Gasteiger partial charge in [-0.1, -0.05) is 30.3 Å². The SMILES string of the molecule is Cc1nc(C)c(C(=O)NC(CCC(=O)O)c2ccccc2)o1. The summed E-state index contributed by atoms with van der Waals surface area (Å²) >= 11 is 0. The number of carbonyl (C=O) groups is 2. The number of nitrogens with one attached hydrogen (secondary N) is 1. The lowest BCUT2D eigenvalue weighted by Gasteiger charge is -2.18. The van der Waals surface area contributed by atoms with Crippen molar-refractivity contribution in [3.63, 3.8) is 0 Å². The lowest BCUT2D eigenvalue weighted by atomic mass is 10.0. The first-order valence-electron chi connectivity index (χ1n) is 6.99. The Kier molecular flexibility index (Phi) is 4.93. The van der Waals surface area contributed by atoms with Gasteiger partial charge in [0.15, 0.2) is 5.89 Å². The highest BCUT2D eigenvalue weighted by Crippen LogP contribution is 2.20. The van der Waals surface area contributed by atoms with Crippen molar-refractivity contribution < 1.29 is 19.1 Å². The molecule has 1 amide bonds. The van der Waals surface area contributed by atoms with E-state index in [1.54, 1.807) is 13.8 Å². The fourth-order valence-corrected chi connectivity index (χ4v) is 2.24. The highest BCUT2D eigenvalue weighted by atomic mass is 16.4. The van der Waals surface area contributed by atoms with Gasteiger partial charge >= 0.3 is 5.97 Å². The summed E-state index contributed by atoms with van der Waals surface area (Å²) < 4.78 is 5.30. The molecule has 22 heavy (non-hydrogen) atoms. The average molecular weight is 302 g/mol. The Bertz CT molecular complexity index is 664. The minimum Gasteiger partial charge on any atom is -0.481 e. The number of aryl methyl sites for hydroxylation is 2. The number of carboxylic acids is 1. The number of carboxylic acid groups (broad SMARTS) is 1. The second-order valence-electron chi connectivity index (χ2n) is 5.02. The molecule has 6 nitrogen and oxygen atoms in total. The molecule has 2 aromatic rings. The van der Waals surface area contributed by atoms with E-state index in [0.717, 1.165) is 5.56 Å². The highest BCUT2D eigenvalue weighted by Gasteiger charge is 2.21. The van der Waals surface area contributed by atoms with Crippen LogP contribution in [0.3, 0.4) is 0 Å². The van der Waals surface area contributed by atoms with E-state index in [2.05, 4.69) is 10.3 Å². The van der Waals surface area contributed by atoms with Crippen LogP contribution in [0.1, 0.15) is 46.6 Å². The predicted molar refractivity (Wildman–Crippen MR) is 79.5 cm³/mol. The van der Waals surface area contributed by atoms with E-state index in [9.17, 15) is 9.59 Å². The molecule has 1 heterocycles. The van der Waals surface area contributed by atoms with Gasteiger partial charge in [0.2, 0.25) is 5.76 Å². The third-order valence-electron chi connectivity index (χ3n) is 3.26. The molecule has 1 aromatic carbocycles. The Morgan fingerprint density at radius 1 is 1.27 bits per heavy atom. The van der Waals surface area contributed by atoms with Crippen LogP contribution >= 0.6 is 0 Å². The number of hydrogen-bond donors (Lipinski definition) is 2. The lowest BCUT2D eigenvalue weighted by molar-refractivity contribution is -0.137. The van der Waals surface area contributed by atoms with Crippen LogP contribution in [-0.4, -0.2) is 22.0 Å². The Morgan fingerprint density at radius 3 is 2.50 bits per heavy atom. The van der Waals surface area contributed by atoms with Crippen molar-refractivity contribution in [1.82, 2.24) is 10.3 Å². The molecule has 1 atom stereocenters. The molecule has 0 aliphatic carbocycles. The second kappa shape index (κ2) is 6.89. The fourth-order valence-electron chi connectivity index (χ4n) is 2.24. The minimum atomic E-state index is -0.901. The molecule has 0 bridgehead atoms. The monoisotopic (exact) mass is 302 g/mol. The fraction of sp³-hybridized carbons (Fsp3) is 0.312. The van der Waals surface area contributed by atoms with Gasteiger partial charge in [-0.15, -0.1) is 0 Å². The molecule has 0 spiro atoms. The molecule has 0 saturated heterocycles. The van der Waals surface area contributed by atoms with Gasteiger partial charge in [0, 0.05) is 13.3 Å². The third-order valence-corrected chi connectivity index (χ3v) is 3.26. The van der Waals surface area contributed by atoms with Crippen molar-refractivity contribution in [3.05, 3.63) is 53.2 Å². The third kappa shape index (κ3) is 3.94. The number of aromatic nitrogens is 1. The summed E-state index contributed by atoms with van der Waals surface area (Å²) in [6.45, 7) is 3.36. The van der Waals surface area contributed by atoms with E-state index in [1.807, 2.05) is 30.3 Å². The summed E-state index contributed by atoms with van der Waals surface area (Å²) in [7, 11) is 0. The first kappa shape index (κ1) is 15.8. The number of nitrogens with zero attached hydrogens (tertiary/aromatic N) is 1. The van der Waals surface area contributed by atoms with Crippen LogP contribution < -0.4 is 5.32 Å². The summed E-state index contributed by atoms with van der Waals surface area (Å²) in [5.41, 5.74) is 1.37. The second-order valence-corrected chi connectivity index (χ2v) is 5.02. The Hall–Kier alpha value is -2.63. The molecule has 0 saturated carbocycles. The maximum absolute atomic E-state index is 12.3. The number of oxazole rings is 1. The number of aliphatic carboxylic acids is 1. The molecular weight excluding hydrogens is 284 g/mol. The Balaban J connectivity index is 2.17. The van der Waals surface area contributed by atoms with Crippen molar-refractivity contribution >= 4 is 11.9 Å². The standard InChI is InChI=1S/C16H18N2O4/c1-10-15(22-11(2)17-10)16(21)18-13(8-9-14(19)20)12-6-4-3-5-7-12/h3-7,13H,8-9H2,1-2H3,(H,18,21)(H,19,20). The van der Waals surface area contributed by atoms with Crippen molar-refractivity contribution in [2.75, 3.05) is 0 Å². The molecule has 6 heteroatoms. The van der Waals surface area contributed by atoms with Gasteiger partial charge in [-0.05, 0) is 18.9 Å². The van der Waals surface area contributed by atoms with E-state index in [-0.39, 0.29) is 12.2 Å². The molecule has 0 aliphatic rings. The summed E-state index contributed by atoms with van der Waals surface area (Å²) in [6.07, 6.45) is 0.269. The summed E-state index contributed by atoms with van der Waals surface area (Å²) in [5.74, 6) is -0.711. The molecule has 0 fully saturated rings. The maximum Gasteiger partial charge on any atom is 0.303 e. The molecule has 0 aliphatic heterocycles. The number of hydrogen-bond acceptors (Lipinski definition) is 4.